The van der Waals surface area contributed by atoms with Crippen molar-refractivity contribution < 1.29 is 29.4 Å². The highest BCUT2D eigenvalue weighted by Crippen LogP contribution is 2.21. The van der Waals surface area contributed by atoms with Crippen molar-refractivity contribution in [3.05, 3.63) is 40.2 Å². The summed E-state index contributed by atoms with van der Waals surface area (Å²) in [7, 11) is 0. The Bertz CT molecular complexity index is 1150. The standard InChI is InChI=1S/C20H23N7O7/c21-20-25-16-15(18(32)26-20)23-11(7-22-16)8-27(9-28)12-3-1-10(2-4-12)17(31)24-13(19(33)34)5-6-14(29)30/h1-4,9,11,13,23H,5-8H2,(H,24,31)(H,29,30)(H,33,34)(H4,21,22,25,26,32)/t11-,13-/m0/s1. The van der Waals surface area contributed by atoms with Gasteiger partial charge in [-0.25, -0.2) is 4.79 Å². The van der Waals surface area contributed by atoms with Crippen LogP contribution in [0.25, 0.3) is 0 Å². The summed E-state index contributed by atoms with van der Waals surface area (Å²) in [5.74, 6) is -2.91. The quantitative estimate of drug-likeness (QED) is 0.213. The maximum Gasteiger partial charge on any atom is 0.326 e. The molecule has 2 aromatic rings. The van der Waals surface area contributed by atoms with Crippen LogP contribution in [0.4, 0.5) is 23.1 Å². The van der Waals surface area contributed by atoms with E-state index in [0.717, 1.165) is 0 Å². The third-order valence-electron chi connectivity index (χ3n) is 5.06. The van der Waals surface area contributed by atoms with Crippen LogP contribution in [0, 0.1) is 0 Å². The van der Waals surface area contributed by atoms with Gasteiger partial charge in [-0.15, -0.1) is 0 Å². The van der Waals surface area contributed by atoms with Crippen LogP contribution in [0.5, 0.6) is 0 Å². The molecule has 0 radical (unpaired) electrons. The zero-order valence-electron chi connectivity index (χ0n) is 17.8. The molecule has 0 saturated carbocycles. The fourth-order valence-electron chi connectivity index (χ4n) is 3.36. The third kappa shape index (κ3) is 5.79. The number of hydrogen-bond donors (Lipinski definition) is 7. The van der Waals surface area contributed by atoms with Crippen molar-refractivity contribution in [3.8, 4) is 0 Å². The molecule has 14 nitrogen and oxygen atoms in total. The van der Waals surface area contributed by atoms with E-state index in [1.165, 1.54) is 29.2 Å². The third-order valence-corrected chi connectivity index (χ3v) is 5.06. The Morgan fingerprint density at radius 2 is 1.97 bits per heavy atom. The number of anilines is 4. The SMILES string of the molecule is Nc1nc2c(c(=O)[nH]1)N[C@H](CN(C=O)c1ccc(C(=O)N[C@@H](CCC(=O)O)C(=O)O)cc1)CN2. The molecule has 1 aliphatic heterocycles. The van der Waals surface area contributed by atoms with Gasteiger partial charge in [0, 0.05) is 30.8 Å². The Kier molecular flexibility index (Phi) is 7.30. The smallest absolute Gasteiger partial charge is 0.326 e. The molecular formula is C20H23N7O7. The molecule has 34 heavy (non-hydrogen) atoms. The summed E-state index contributed by atoms with van der Waals surface area (Å²) < 4.78 is 0. The first-order valence-corrected chi connectivity index (χ1v) is 10.2. The van der Waals surface area contributed by atoms with Gasteiger partial charge in [0.05, 0.1) is 6.04 Å². The van der Waals surface area contributed by atoms with E-state index in [9.17, 15) is 29.1 Å². The van der Waals surface area contributed by atoms with Crippen LogP contribution in [0.3, 0.4) is 0 Å². The number of H-pyrrole nitrogens is 1. The molecule has 0 bridgehead atoms. The van der Waals surface area contributed by atoms with E-state index in [1.54, 1.807) is 0 Å². The zero-order chi connectivity index (χ0) is 24.8. The first-order chi connectivity index (χ1) is 16.2. The number of nitrogens with zero attached hydrogens (tertiary/aromatic N) is 2. The highest BCUT2D eigenvalue weighted by Gasteiger charge is 2.24. The molecule has 2 heterocycles. The number of aromatic amines is 1. The summed E-state index contributed by atoms with van der Waals surface area (Å²) in [6, 6.07) is 4.16. The fourth-order valence-corrected chi connectivity index (χ4v) is 3.36. The van der Waals surface area contributed by atoms with Crippen LogP contribution in [0.1, 0.15) is 23.2 Å². The minimum absolute atomic E-state index is 0.0216. The fraction of sp³-hybridized carbons (Fsp3) is 0.300. The van der Waals surface area contributed by atoms with Crippen molar-refractivity contribution in [1.82, 2.24) is 15.3 Å². The van der Waals surface area contributed by atoms with Crippen molar-refractivity contribution in [2.24, 2.45) is 0 Å². The number of fused-ring (bicyclic) bond motifs is 1. The molecule has 2 amide bonds. The van der Waals surface area contributed by atoms with Gasteiger partial charge in [0.25, 0.3) is 11.5 Å². The number of benzene rings is 1. The lowest BCUT2D eigenvalue weighted by Crippen LogP contribution is -2.45. The van der Waals surface area contributed by atoms with E-state index in [4.69, 9.17) is 10.8 Å². The van der Waals surface area contributed by atoms with Crippen LogP contribution in [-0.2, 0) is 14.4 Å². The number of nitrogen functional groups attached to an aromatic ring is 1. The molecular weight excluding hydrogens is 450 g/mol. The summed E-state index contributed by atoms with van der Waals surface area (Å²) in [5, 5.41) is 26.2. The molecule has 0 spiro atoms. The number of aromatic nitrogens is 2. The van der Waals surface area contributed by atoms with E-state index in [-0.39, 0.29) is 36.2 Å². The van der Waals surface area contributed by atoms with E-state index >= 15 is 0 Å². The number of carbonyl (C=O) groups excluding carboxylic acids is 2. The number of carbonyl (C=O) groups is 4. The number of hydrogen-bond acceptors (Lipinski definition) is 9. The second kappa shape index (κ2) is 10.3. The van der Waals surface area contributed by atoms with Gasteiger partial charge in [-0.1, -0.05) is 0 Å². The van der Waals surface area contributed by atoms with Crippen molar-refractivity contribution in [1.29, 1.82) is 0 Å². The largest absolute Gasteiger partial charge is 0.481 e. The lowest BCUT2D eigenvalue weighted by atomic mass is 10.1. The molecule has 0 unspecified atom stereocenters. The highest BCUT2D eigenvalue weighted by atomic mass is 16.4. The van der Waals surface area contributed by atoms with Crippen molar-refractivity contribution in [2.75, 3.05) is 34.4 Å². The summed E-state index contributed by atoms with van der Waals surface area (Å²) in [6.07, 6.45) is -0.0671. The van der Waals surface area contributed by atoms with Gasteiger partial charge in [-0.3, -0.25) is 24.2 Å². The van der Waals surface area contributed by atoms with Crippen molar-refractivity contribution in [3.63, 3.8) is 0 Å². The topological polar surface area (TPSA) is 220 Å². The summed E-state index contributed by atoms with van der Waals surface area (Å²) in [5.41, 5.74) is 5.89. The number of nitrogens with one attached hydrogen (secondary N) is 4. The lowest BCUT2D eigenvalue weighted by Gasteiger charge is -2.30. The molecule has 14 heteroatoms. The zero-order valence-corrected chi connectivity index (χ0v) is 17.8. The van der Waals surface area contributed by atoms with Gasteiger partial charge in [0.2, 0.25) is 12.4 Å². The van der Waals surface area contributed by atoms with Crippen LogP contribution in [0.15, 0.2) is 29.1 Å². The molecule has 180 valence electrons. The van der Waals surface area contributed by atoms with Crippen LogP contribution in [0.2, 0.25) is 0 Å². The van der Waals surface area contributed by atoms with Gasteiger partial charge in [-0.05, 0) is 30.7 Å². The normalized spacial score (nSPS) is 15.1. The Hall–Kier alpha value is -4.62. The Morgan fingerprint density at radius 3 is 2.59 bits per heavy atom. The highest BCUT2D eigenvalue weighted by molar-refractivity contribution is 5.97. The molecule has 1 aliphatic rings. The molecule has 0 fully saturated rings. The monoisotopic (exact) mass is 473 g/mol. The maximum atomic E-state index is 12.4. The summed E-state index contributed by atoms with van der Waals surface area (Å²) >= 11 is 0. The molecule has 3 rings (SSSR count). The number of aliphatic carboxylic acids is 2. The predicted octanol–water partition coefficient (Wildman–Crippen LogP) is -0.731. The summed E-state index contributed by atoms with van der Waals surface area (Å²) in [6.45, 7) is 0.544. The number of carboxylic acids is 2. The Morgan fingerprint density at radius 1 is 1.26 bits per heavy atom. The number of nitrogens with two attached hydrogens (primary N) is 1. The summed E-state index contributed by atoms with van der Waals surface area (Å²) in [4.78, 5) is 65.9. The molecule has 1 aromatic carbocycles. The van der Waals surface area contributed by atoms with Gasteiger partial charge >= 0.3 is 11.9 Å². The first-order valence-electron chi connectivity index (χ1n) is 10.2. The van der Waals surface area contributed by atoms with Crippen LogP contribution < -0.4 is 32.1 Å². The molecule has 0 aliphatic carbocycles. The molecule has 8 N–H and O–H groups in total. The minimum atomic E-state index is -1.35. The Labute approximate surface area is 192 Å². The van der Waals surface area contributed by atoms with Gasteiger partial charge in [0.15, 0.2) is 5.82 Å². The van der Waals surface area contributed by atoms with Crippen molar-refractivity contribution in [2.45, 2.75) is 24.9 Å². The minimum Gasteiger partial charge on any atom is -0.481 e. The van der Waals surface area contributed by atoms with Gasteiger partial charge < -0.3 is 36.8 Å². The predicted molar refractivity (Wildman–Crippen MR) is 121 cm³/mol. The first kappa shape index (κ1) is 24.0. The van der Waals surface area contributed by atoms with Gasteiger partial charge in [0.1, 0.15) is 11.7 Å². The maximum absolute atomic E-state index is 12.4. The Balaban J connectivity index is 1.65. The van der Waals surface area contributed by atoms with Crippen LogP contribution >= 0.6 is 0 Å². The second-order valence-electron chi connectivity index (χ2n) is 7.50. The molecule has 1 aromatic heterocycles. The number of carboxylic acid groups (broad SMARTS) is 2. The van der Waals surface area contributed by atoms with E-state index in [2.05, 4.69) is 25.9 Å². The van der Waals surface area contributed by atoms with Crippen LogP contribution in [-0.4, -0.2) is 69.6 Å². The van der Waals surface area contributed by atoms with Gasteiger partial charge in [-0.2, -0.15) is 4.98 Å². The number of rotatable bonds is 10. The molecule has 2 atom stereocenters. The van der Waals surface area contributed by atoms with E-state index < -0.39 is 35.9 Å². The lowest BCUT2D eigenvalue weighted by molar-refractivity contribution is -0.140. The molecule has 0 saturated heterocycles. The van der Waals surface area contributed by atoms with E-state index in [1.807, 2.05) is 0 Å². The average molecular weight is 473 g/mol. The van der Waals surface area contributed by atoms with E-state index in [0.29, 0.717) is 24.5 Å². The second-order valence-corrected chi connectivity index (χ2v) is 7.50. The average Bonchev–Trinajstić information content (AvgIpc) is 2.80. The van der Waals surface area contributed by atoms with Crippen molar-refractivity contribution >= 4 is 47.4 Å². The number of amides is 2.